The fraction of sp³-hybridized carbons (Fsp3) is 0.615. The van der Waals surface area contributed by atoms with Crippen molar-refractivity contribution in [2.24, 2.45) is 11.3 Å². The van der Waals surface area contributed by atoms with Gasteiger partial charge in [0.05, 0.1) is 10.8 Å². The van der Waals surface area contributed by atoms with Crippen molar-refractivity contribution in [2.45, 2.75) is 40.0 Å². The van der Waals surface area contributed by atoms with Gasteiger partial charge < -0.3 is 9.90 Å². The van der Waals surface area contributed by atoms with Crippen LogP contribution in [-0.4, -0.2) is 5.97 Å². The van der Waals surface area contributed by atoms with Crippen LogP contribution in [0.5, 0.6) is 0 Å². The summed E-state index contributed by atoms with van der Waals surface area (Å²) >= 11 is 1.39. The molecule has 2 nitrogen and oxygen atoms in total. The lowest BCUT2D eigenvalue weighted by Crippen LogP contribution is -2.26. The van der Waals surface area contributed by atoms with Gasteiger partial charge in [-0.15, -0.1) is 11.3 Å². The van der Waals surface area contributed by atoms with Gasteiger partial charge in [-0.05, 0) is 42.2 Å². The van der Waals surface area contributed by atoms with E-state index >= 15 is 0 Å². The maximum atomic E-state index is 10.8. The Bertz CT molecular complexity index is 412. The van der Waals surface area contributed by atoms with E-state index in [-0.39, 0.29) is 0 Å². The summed E-state index contributed by atoms with van der Waals surface area (Å²) in [7, 11) is 0. The smallest absolute Gasteiger partial charge is 0.0815 e. The maximum absolute atomic E-state index is 10.8. The molecule has 2 rings (SSSR count). The minimum atomic E-state index is -1.04. The first-order valence-electron chi connectivity index (χ1n) is 5.71. The number of carboxylic acids is 1. The lowest BCUT2D eigenvalue weighted by Gasteiger charge is -2.33. The number of fused-ring (bicyclic) bond motifs is 1. The van der Waals surface area contributed by atoms with E-state index in [2.05, 4.69) is 20.8 Å². The van der Waals surface area contributed by atoms with Crippen molar-refractivity contribution in [1.29, 1.82) is 0 Å². The van der Waals surface area contributed by atoms with Crippen molar-refractivity contribution in [3.05, 3.63) is 21.4 Å². The molecule has 1 aliphatic rings. The van der Waals surface area contributed by atoms with E-state index in [0.717, 1.165) is 12.8 Å². The molecular formula is C13H17O2S-. The topological polar surface area (TPSA) is 40.1 Å². The Hall–Kier alpha value is -0.830. The Morgan fingerprint density at radius 1 is 1.50 bits per heavy atom. The van der Waals surface area contributed by atoms with Gasteiger partial charge in [-0.1, -0.05) is 20.8 Å². The monoisotopic (exact) mass is 237 g/mol. The van der Waals surface area contributed by atoms with E-state index in [1.54, 1.807) is 0 Å². The van der Waals surface area contributed by atoms with Crippen molar-refractivity contribution in [2.75, 3.05) is 0 Å². The zero-order chi connectivity index (χ0) is 11.9. The Balaban J connectivity index is 2.24. The normalized spacial score (nSPS) is 20.6. The van der Waals surface area contributed by atoms with Crippen molar-refractivity contribution in [3.63, 3.8) is 0 Å². The second-order valence-corrected chi connectivity index (χ2v) is 6.79. The highest BCUT2D eigenvalue weighted by Gasteiger charge is 2.29. The van der Waals surface area contributed by atoms with Gasteiger partial charge >= 0.3 is 0 Å². The van der Waals surface area contributed by atoms with Crippen LogP contribution < -0.4 is 5.11 Å². The highest BCUT2D eigenvalue weighted by molar-refractivity contribution is 7.14. The fourth-order valence-corrected chi connectivity index (χ4v) is 3.41. The quantitative estimate of drug-likeness (QED) is 0.751. The second-order valence-electron chi connectivity index (χ2n) is 5.65. The molecule has 16 heavy (non-hydrogen) atoms. The summed E-state index contributed by atoms with van der Waals surface area (Å²) in [6.45, 7) is 6.78. The third kappa shape index (κ3) is 2.14. The van der Waals surface area contributed by atoms with E-state index in [9.17, 15) is 9.90 Å². The second kappa shape index (κ2) is 3.88. The molecule has 88 valence electrons. The van der Waals surface area contributed by atoms with Crippen LogP contribution in [0.2, 0.25) is 0 Å². The number of carbonyl (C=O) groups excluding carboxylic acids is 1. The van der Waals surface area contributed by atoms with Crippen LogP contribution in [-0.2, 0) is 12.8 Å². The van der Waals surface area contributed by atoms with Crippen molar-refractivity contribution < 1.29 is 9.90 Å². The molecule has 3 heteroatoms. The third-order valence-electron chi connectivity index (χ3n) is 3.51. The molecule has 0 unspecified atom stereocenters. The van der Waals surface area contributed by atoms with E-state index < -0.39 is 5.97 Å². The zero-order valence-electron chi connectivity index (χ0n) is 10.0. The van der Waals surface area contributed by atoms with Crippen LogP contribution in [0.4, 0.5) is 0 Å². The molecular weight excluding hydrogens is 220 g/mol. The van der Waals surface area contributed by atoms with E-state index in [4.69, 9.17) is 0 Å². The Morgan fingerprint density at radius 3 is 2.75 bits per heavy atom. The molecule has 0 saturated heterocycles. The van der Waals surface area contributed by atoms with Crippen LogP contribution in [0.25, 0.3) is 0 Å². The van der Waals surface area contributed by atoms with Gasteiger partial charge in [-0.2, -0.15) is 0 Å². The van der Waals surface area contributed by atoms with Crippen LogP contribution in [0, 0.1) is 11.3 Å². The van der Waals surface area contributed by atoms with Crippen LogP contribution in [0.3, 0.4) is 0 Å². The molecule has 0 aliphatic heterocycles. The molecule has 1 aliphatic carbocycles. The van der Waals surface area contributed by atoms with Gasteiger partial charge in [0.15, 0.2) is 0 Å². The number of thiophene rings is 1. The van der Waals surface area contributed by atoms with Gasteiger partial charge in [0, 0.05) is 4.88 Å². The predicted molar refractivity (Wildman–Crippen MR) is 63.6 cm³/mol. The van der Waals surface area contributed by atoms with Gasteiger partial charge in [0.25, 0.3) is 0 Å². The summed E-state index contributed by atoms with van der Waals surface area (Å²) < 4.78 is 0. The van der Waals surface area contributed by atoms with Crippen molar-refractivity contribution >= 4 is 17.3 Å². The first-order valence-corrected chi connectivity index (χ1v) is 6.52. The molecule has 0 bridgehead atoms. The molecule has 1 aromatic heterocycles. The summed E-state index contributed by atoms with van der Waals surface area (Å²) in [6, 6.07) is 1.81. The molecule has 1 aromatic rings. The lowest BCUT2D eigenvalue weighted by atomic mass is 9.72. The number of hydrogen-bond acceptors (Lipinski definition) is 3. The molecule has 0 saturated carbocycles. The molecule has 0 spiro atoms. The zero-order valence-corrected chi connectivity index (χ0v) is 10.8. The number of carbonyl (C=O) groups is 1. The molecule has 0 N–H and O–H groups in total. The summed E-state index contributed by atoms with van der Waals surface area (Å²) in [4.78, 5) is 12.4. The van der Waals surface area contributed by atoms with Gasteiger partial charge in [0.2, 0.25) is 0 Å². The van der Waals surface area contributed by atoms with Crippen molar-refractivity contribution in [1.82, 2.24) is 0 Å². The van der Waals surface area contributed by atoms with Crippen LogP contribution in [0.15, 0.2) is 6.07 Å². The average Bonchev–Trinajstić information content (AvgIpc) is 2.58. The number of aryl methyl sites for hydroxylation is 1. The number of carboxylic acid groups (broad SMARTS) is 1. The summed E-state index contributed by atoms with van der Waals surface area (Å²) in [5.74, 6) is -0.379. The number of hydrogen-bond donors (Lipinski definition) is 0. The Kier molecular flexibility index (Phi) is 2.82. The molecule has 1 heterocycles. The fourth-order valence-electron chi connectivity index (χ4n) is 2.36. The number of rotatable bonds is 1. The van der Waals surface area contributed by atoms with Gasteiger partial charge in [-0.3, -0.25) is 0 Å². The molecule has 0 aromatic carbocycles. The van der Waals surface area contributed by atoms with E-state index in [1.807, 2.05) is 6.07 Å². The van der Waals surface area contributed by atoms with E-state index in [1.165, 1.54) is 28.2 Å². The van der Waals surface area contributed by atoms with Crippen LogP contribution >= 0.6 is 11.3 Å². The minimum absolute atomic E-state index is 0.307. The molecule has 0 amide bonds. The first-order chi connectivity index (χ1) is 7.38. The maximum Gasteiger partial charge on any atom is 0.0815 e. The Labute approximate surface area is 100 Å². The SMILES string of the molecule is CC(C)(C)[C@H]1CCc2sc(C(=O)[O-])cc2C1. The Morgan fingerprint density at radius 2 is 2.19 bits per heavy atom. The minimum Gasteiger partial charge on any atom is -0.544 e. The summed E-state index contributed by atoms with van der Waals surface area (Å²) in [5.41, 5.74) is 1.54. The number of aromatic carboxylic acids is 1. The van der Waals surface area contributed by atoms with Gasteiger partial charge in [-0.25, -0.2) is 0 Å². The molecule has 1 atom stereocenters. The average molecular weight is 237 g/mol. The highest BCUT2D eigenvalue weighted by atomic mass is 32.1. The van der Waals surface area contributed by atoms with Gasteiger partial charge in [0.1, 0.15) is 0 Å². The van der Waals surface area contributed by atoms with E-state index in [0.29, 0.717) is 16.2 Å². The molecule has 0 radical (unpaired) electrons. The first kappa shape index (κ1) is 11.6. The molecule has 0 fully saturated rings. The summed E-state index contributed by atoms with van der Waals surface area (Å²) in [6.07, 6.45) is 3.21. The van der Waals surface area contributed by atoms with Crippen LogP contribution in [0.1, 0.15) is 47.3 Å². The third-order valence-corrected chi connectivity index (χ3v) is 4.73. The lowest BCUT2D eigenvalue weighted by molar-refractivity contribution is -0.254. The standard InChI is InChI=1S/C13H18O2S/c1-13(2,3)9-4-5-10-8(6-9)7-11(16-10)12(14)15/h7,9H,4-6H2,1-3H3,(H,14,15)/p-1/t9-/m0/s1. The highest BCUT2D eigenvalue weighted by Crippen LogP contribution is 2.39. The predicted octanol–water partition coefficient (Wildman–Crippen LogP) is 2.26. The summed E-state index contributed by atoms with van der Waals surface area (Å²) in [5, 5.41) is 10.8. The largest absolute Gasteiger partial charge is 0.544 e. The van der Waals surface area contributed by atoms with Crippen molar-refractivity contribution in [3.8, 4) is 0 Å².